The topological polar surface area (TPSA) is 139 Å². The first-order valence-corrected chi connectivity index (χ1v) is 10.6. The van der Waals surface area contributed by atoms with Crippen molar-refractivity contribution in [1.82, 2.24) is 4.72 Å². The molecule has 1 radical (unpaired) electrons. The molecule has 0 fully saturated rings. The van der Waals surface area contributed by atoms with Crippen molar-refractivity contribution in [3.63, 3.8) is 0 Å². The van der Waals surface area contributed by atoms with Gasteiger partial charge in [0.2, 0.25) is 10.0 Å². The zero-order valence-electron chi connectivity index (χ0n) is 15.5. The molecule has 28 heavy (non-hydrogen) atoms. The number of hydrogen-bond acceptors (Lipinski definition) is 7. The molecule has 1 aromatic carbocycles. The van der Waals surface area contributed by atoms with Gasteiger partial charge < -0.3 is 25.2 Å². The molecule has 0 spiro atoms. The summed E-state index contributed by atoms with van der Waals surface area (Å²) >= 11 is 0. The van der Waals surface area contributed by atoms with Crippen molar-refractivity contribution in [1.29, 1.82) is 0 Å². The highest BCUT2D eigenvalue weighted by Gasteiger charge is 2.32. The lowest BCUT2D eigenvalue weighted by Crippen LogP contribution is -2.50. The van der Waals surface area contributed by atoms with E-state index in [0.29, 0.717) is 0 Å². The van der Waals surface area contributed by atoms with Gasteiger partial charge in [-0.15, -0.1) is 0 Å². The summed E-state index contributed by atoms with van der Waals surface area (Å²) in [5.41, 5.74) is 2.29. The molecule has 0 saturated heterocycles. The molecule has 0 amide bonds. The normalized spacial score (nSPS) is 18.7. The van der Waals surface area contributed by atoms with E-state index in [2.05, 4.69) is 16.6 Å². The van der Waals surface area contributed by atoms with Crippen LogP contribution >= 0.6 is 0 Å². The number of aliphatic hydroxyl groups excluding tert-OH is 4. The number of hydrogen-bond donors (Lipinski definition) is 5. The summed E-state index contributed by atoms with van der Waals surface area (Å²) < 4.78 is 33.2. The van der Waals surface area contributed by atoms with E-state index in [1.54, 1.807) is 0 Å². The zero-order chi connectivity index (χ0) is 20.7. The van der Waals surface area contributed by atoms with Crippen molar-refractivity contribution < 1.29 is 38.2 Å². The molecule has 10 heteroatoms. The van der Waals surface area contributed by atoms with E-state index in [4.69, 9.17) is 5.11 Å². The van der Waals surface area contributed by atoms with E-state index in [0.717, 1.165) is 18.5 Å². The Labute approximate surface area is 165 Å². The highest BCUT2D eigenvalue weighted by Crippen LogP contribution is 2.11. The van der Waals surface area contributed by atoms with E-state index < -0.39 is 47.6 Å². The van der Waals surface area contributed by atoms with Crippen LogP contribution in [0.5, 0.6) is 0 Å². The molecule has 1 aliphatic rings. The molecule has 0 saturated carbocycles. The monoisotopic (exact) mass is 416 g/mol. The molecule has 1 heterocycles. The van der Waals surface area contributed by atoms with E-state index in [1.165, 1.54) is 5.56 Å². The van der Waals surface area contributed by atoms with Gasteiger partial charge in [-0.3, -0.25) is 0 Å². The van der Waals surface area contributed by atoms with Gasteiger partial charge in [-0.25, -0.2) is 17.7 Å². The van der Waals surface area contributed by atoms with Crippen LogP contribution in [0.3, 0.4) is 0 Å². The molecular weight excluding hydrogens is 388 g/mol. The summed E-state index contributed by atoms with van der Waals surface area (Å²) in [6, 6.07) is 7.93. The fraction of sp³-hybridized carbons (Fsp3) is 0.556. The number of aliphatic hydroxyl groups is 4. The Morgan fingerprint density at radius 2 is 1.93 bits per heavy atom. The van der Waals surface area contributed by atoms with Crippen molar-refractivity contribution in [3.8, 4) is 0 Å². The quantitative estimate of drug-likeness (QED) is 0.259. The van der Waals surface area contributed by atoms with E-state index in [1.807, 2.05) is 35.1 Å². The van der Waals surface area contributed by atoms with Crippen molar-refractivity contribution >= 4 is 16.2 Å². The number of rotatable bonds is 11. The Kier molecular flexibility index (Phi) is 8.50. The zero-order valence-corrected chi connectivity index (χ0v) is 16.3. The van der Waals surface area contributed by atoms with Crippen molar-refractivity contribution in [2.24, 2.45) is 0 Å². The van der Waals surface area contributed by atoms with Gasteiger partial charge in [0.15, 0.2) is 12.8 Å². The first kappa shape index (κ1) is 22.9. The van der Waals surface area contributed by atoms with Gasteiger partial charge in [-0.2, -0.15) is 0 Å². The molecule has 4 atom stereocenters. The maximum atomic E-state index is 12.2. The molecule has 1 aromatic rings. The Morgan fingerprint density at radius 3 is 2.61 bits per heavy atom. The van der Waals surface area contributed by atoms with E-state index in [-0.39, 0.29) is 12.3 Å². The smallest absolute Gasteiger partial charge is 0.217 e. The molecule has 0 bridgehead atoms. The van der Waals surface area contributed by atoms with Crippen LogP contribution in [0.15, 0.2) is 24.3 Å². The van der Waals surface area contributed by atoms with Crippen LogP contribution in [-0.4, -0.2) is 96.0 Å². The largest absolute Gasteiger partial charge is 0.394 e. The van der Waals surface area contributed by atoms with Gasteiger partial charge in [0.25, 0.3) is 0 Å². The van der Waals surface area contributed by atoms with Crippen LogP contribution in [0.2, 0.25) is 0 Å². The first-order valence-electron chi connectivity index (χ1n) is 8.97. The Hall–Kier alpha value is -1.40. The summed E-state index contributed by atoms with van der Waals surface area (Å²) in [5.74, 6) is -0.178. The molecule has 0 aliphatic carbocycles. The third-order valence-corrected chi connectivity index (χ3v) is 6.02. The van der Waals surface area contributed by atoms with E-state index >= 15 is 0 Å². The third-order valence-electron chi connectivity index (χ3n) is 4.69. The van der Waals surface area contributed by atoms with Gasteiger partial charge in [0, 0.05) is 18.5 Å². The Balaban J connectivity index is 1.86. The number of sulfonamides is 1. The number of ether oxygens (including phenoxy) is 1. The standard InChI is InChI=1S/C18H28N2O7S/c1-27-18(16(23)12-21)17(24)15(22)10-19-28(25,26)9-8-20-7-6-13-4-2-3-5-14(13)11-20/h2-5,11,15-19,21-24H,1,6-10,12H2/q+1. The molecule has 5 N–H and O–H groups in total. The fourth-order valence-corrected chi connectivity index (χ4v) is 4.04. The summed E-state index contributed by atoms with van der Waals surface area (Å²) in [6.07, 6.45) is -3.22. The fourth-order valence-electron chi connectivity index (χ4n) is 2.99. The van der Waals surface area contributed by atoms with Gasteiger partial charge in [-0.05, 0) is 11.6 Å². The number of benzene rings is 1. The lowest BCUT2D eigenvalue weighted by molar-refractivity contribution is -0.519. The van der Waals surface area contributed by atoms with Crippen LogP contribution in [0.1, 0.15) is 11.1 Å². The van der Waals surface area contributed by atoms with Crippen LogP contribution in [0.25, 0.3) is 0 Å². The Morgan fingerprint density at radius 1 is 1.21 bits per heavy atom. The lowest BCUT2D eigenvalue weighted by atomic mass is 10.0. The number of nitrogens with one attached hydrogen (secondary N) is 1. The molecule has 4 unspecified atom stereocenters. The second kappa shape index (κ2) is 10.4. The summed E-state index contributed by atoms with van der Waals surface area (Å²) in [7, 11) is -0.621. The molecule has 0 aromatic heterocycles. The van der Waals surface area contributed by atoms with Gasteiger partial charge in [-0.1, -0.05) is 18.2 Å². The lowest BCUT2D eigenvalue weighted by Gasteiger charge is -2.28. The van der Waals surface area contributed by atoms with E-state index in [9.17, 15) is 23.7 Å². The minimum Gasteiger partial charge on any atom is -0.394 e. The second-order valence-electron chi connectivity index (χ2n) is 6.72. The average Bonchev–Trinajstić information content (AvgIpc) is 2.70. The molecule has 157 valence electrons. The molecule has 9 nitrogen and oxygen atoms in total. The SMILES string of the molecule is [CH2]OC(C(O)CO)C(O)C(O)CNS(=O)(=O)CC[N+]1=Cc2ccccc2CC1. The van der Waals surface area contributed by atoms with Crippen molar-refractivity contribution in [3.05, 3.63) is 42.5 Å². The Bertz CT molecular complexity index is 769. The summed E-state index contributed by atoms with van der Waals surface area (Å²) in [6.45, 7) is -0.162. The summed E-state index contributed by atoms with van der Waals surface area (Å²) in [5, 5.41) is 38.4. The van der Waals surface area contributed by atoms with Crippen LogP contribution in [0, 0.1) is 7.11 Å². The third kappa shape index (κ3) is 6.31. The predicted molar refractivity (Wildman–Crippen MR) is 102 cm³/mol. The minimum atomic E-state index is -3.70. The number of fused-ring (bicyclic) bond motifs is 1. The highest BCUT2D eigenvalue weighted by molar-refractivity contribution is 7.89. The van der Waals surface area contributed by atoms with Gasteiger partial charge >= 0.3 is 0 Å². The second-order valence-corrected chi connectivity index (χ2v) is 8.65. The number of nitrogens with zero attached hydrogens (tertiary/aromatic N) is 1. The van der Waals surface area contributed by atoms with Crippen molar-refractivity contribution in [2.45, 2.75) is 30.8 Å². The minimum absolute atomic E-state index is 0.178. The molecular formula is C18H28N2O7S+. The van der Waals surface area contributed by atoms with Crippen LogP contribution in [0.4, 0.5) is 0 Å². The van der Waals surface area contributed by atoms with Gasteiger partial charge in [0.05, 0.1) is 19.8 Å². The maximum Gasteiger partial charge on any atom is 0.217 e. The van der Waals surface area contributed by atoms with Gasteiger partial charge in [0.1, 0.15) is 30.6 Å². The molecule has 2 rings (SSSR count). The highest BCUT2D eigenvalue weighted by atomic mass is 32.2. The summed E-state index contributed by atoms with van der Waals surface area (Å²) in [4.78, 5) is 0. The first-order chi connectivity index (χ1) is 13.3. The predicted octanol–water partition coefficient (Wildman–Crippen LogP) is -2.15. The van der Waals surface area contributed by atoms with Crippen molar-refractivity contribution in [2.75, 3.05) is 32.0 Å². The molecule has 1 aliphatic heterocycles. The van der Waals surface area contributed by atoms with Crippen LogP contribution < -0.4 is 4.72 Å². The maximum absolute atomic E-state index is 12.2. The van der Waals surface area contributed by atoms with Crippen LogP contribution in [-0.2, 0) is 21.2 Å². The average molecular weight is 416 g/mol.